The van der Waals surface area contributed by atoms with Crippen molar-refractivity contribution in [1.29, 1.82) is 0 Å². The number of hydrogen-bond donors (Lipinski definition) is 3. The Kier molecular flexibility index (Phi) is 3.56. The Hall–Kier alpha value is -1.77. The summed E-state index contributed by atoms with van der Waals surface area (Å²) < 4.78 is 26.8. The fourth-order valence-corrected chi connectivity index (χ4v) is 2.25. The fraction of sp³-hybridized carbons (Fsp3) is 0.556. The molecule has 0 radical (unpaired) electrons. The number of urea groups is 1. The minimum atomic E-state index is -4.01. The topological polar surface area (TPSA) is 119 Å². The molecule has 0 saturated carbocycles. The van der Waals surface area contributed by atoms with Crippen molar-refractivity contribution in [1.82, 2.24) is 19.8 Å². The van der Waals surface area contributed by atoms with Crippen molar-refractivity contribution >= 4 is 21.9 Å². The predicted molar refractivity (Wildman–Crippen MR) is 66.2 cm³/mol. The summed E-state index contributed by atoms with van der Waals surface area (Å²) in [6.07, 6.45) is 1.22. The van der Waals surface area contributed by atoms with Crippen LogP contribution in [0.5, 0.6) is 0 Å². The van der Waals surface area contributed by atoms with Crippen LogP contribution in [0.15, 0.2) is 11.1 Å². The summed E-state index contributed by atoms with van der Waals surface area (Å²) in [4.78, 5) is 11.3. The highest BCUT2D eigenvalue weighted by molar-refractivity contribution is 7.90. The Balaban J connectivity index is 2.90. The molecule has 0 aromatic carbocycles. The zero-order valence-electron chi connectivity index (χ0n) is 10.7. The van der Waals surface area contributed by atoms with E-state index in [1.165, 1.54) is 17.9 Å². The van der Waals surface area contributed by atoms with Crippen LogP contribution in [0, 0.1) is 0 Å². The third kappa shape index (κ3) is 3.62. The number of nitrogens with two attached hydrogens (primary N) is 1. The van der Waals surface area contributed by atoms with Crippen molar-refractivity contribution in [2.45, 2.75) is 31.2 Å². The second-order valence-electron chi connectivity index (χ2n) is 4.86. The number of carbonyl (C=O) groups is 1. The minimum Gasteiger partial charge on any atom is -0.381 e. The monoisotopic (exact) mass is 275 g/mol. The molecule has 0 fully saturated rings. The lowest BCUT2D eigenvalue weighted by Gasteiger charge is -2.20. The van der Waals surface area contributed by atoms with E-state index in [4.69, 9.17) is 5.73 Å². The summed E-state index contributed by atoms with van der Waals surface area (Å²) in [6.45, 7) is 5.20. The first-order chi connectivity index (χ1) is 8.01. The van der Waals surface area contributed by atoms with Gasteiger partial charge in [-0.1, -0.05) is 0 Å². The minimum absolute atomic E-state index is 0.159. The molecule has 0 aliphatic carbocycles. The van der Waals surface area contributed by atoms with E-state index in [1.54, 1.807) is 20.8 Å². The Morgan fingerprint density at radius 2 is 2.00 bits per heavy atom. The first kappa shape index (κ1) is 14.3. The first-order valence-electron chi connectivity index (χ1n) is 5.15. The molecule has 18 heavy (non-hydrogen) atoms. The molecule has 0 spiro atoms. The molecule has 8 nitrogen and oxygen atoms in total. The van der Waals surface area contributed by atoms with E-state index in [-0.39, 0.29) is 10.7 Å². The second kappa shape index (κ2) is 4.48. The maximum absolute atomic E-state index is 11.9. The molecule has 1 aromatic rings. The molecule has 0 unspecified atom stereocenters. The van der Waals surface area contributed by atoms with E-state index in [2.05, 4.69) is 10.4 Å². The quantitative estimate of drug-likeness (QED) is 0.690. The summed E-state index contributed by atoms with van der Waals surface area (Å²) in [5, 5.41) is 6.18. The van der Waals surface area contributed by atoms with Crippen LogP contribution in [0.1, 0.15) is 20.8 Å². The highest BCUT2D eigenvalue weighted by Crippen LogP contribution is 2.15. The maximum atomic E-state index is 11.9. The molecule has 4 N–H and O–H groups in total. The van der Waals surface area contributed by atoms with Crippen LogP contribution in [-0.2, 0) is 17.1 Å². The van der Waals surface area contributed by atoms with Gasteiger partial charge in [-0.15, -0.1) is 0 Å². The molecule has 1 aromatic heterocycles. The van der Waals surface area contributed by atoms with Crippen LogP contribution in [0.3, 0.4) is 0 Å². The summed E-state index contributed by atoms with van der Waals surface area (Å²) in [5.74, 6) is -0.159. The molecule has 0 atom stereocenters. The largest absolute Gasteiger partial charge is 0.381 e. The van der Waals surface area contributed by atoms with Gasteiger partial charge in [0.1, 0.15) is 4.90 Å². The van der Waals surface area contributed by atoms with Crippen molar-refractivity contribution in [3.63, 3.8) is 0 Å². The van der Waals surface area contributed by atoms with E-state index < -0.39 is 21.6 Å². The zero-order valence-corrected chi connectivity index (χ0v) is 11.5. The SMILES string of the molecule is Cn1cc(S(=O)(=O)NC(=O)NC(C)(C)C)c(N)n1. The lowest BCUT2D eigenvalue weighted by molar-refractivity contribution is 0.237. The van der Waals surface area contributed by atoms with Gasteiger partial charge in [-0.2, -0.15) is 5.10 Å². The van der Waals surface area contributed by atoms with Crippen LogP contribution in [0.2, 0.25) is 0 Å². The molecular formula is C9H17N5O3S. The molecular weight excluding hydrogens is 258 g/mol. The van der Waals surface area contributed by atoms with Crippen molar-refractivity contribution in [3.8, 4) is 0 Å². The van der Waals surface area contributed by atoms with Gasteiger partial charge in [-0.3, -0.25) is 4.68 Å². The Bertz CT molecular complexity index is 555. The van der Waals surface area contributed by atoms with Gasteiger partial charge in [0.15, 0.2) is 5.82 Å². The molecule has 0 saturated heterocycles. The van der Waals surface area contributed by atoms with E-state index >= 15 is 0 Å². The van der Waals surface area contributed by atoms with E-state index in [0.29, 0.717) is 0 Å². The van der Waals surface area contributed by atoms with E-state index in [9.17, 15) is 13.2 Å². The standard InChI is InChI=1S/C9H17N5O3S/c1-9(2,3)11-8(15)13-18(16,17)6-5-14(4)12-7(6)10/h5H,1-4H3,(H2,10,12)(H2,11,13,15). The number of sulfonamides is 1. The van der Waals surface area contributed by atoms with Gasteiger partial charge < -0.3 is 11.1 Å². The third-order valence-electron chi connectivity index (χ3n) is 1.83. The summed E-state index contributed by atoms with van der Waals surface area (Å²) in [7, 11) is -2.48. The van der Waals surface area contributed by atoms with Crippen LogP contribution in [-0.4, -0.2) is 29.8 Å². The number of hydrogen-bond acceptors (Lipinski definition) is 5. The fourth-order valence-electron chi connectivity index (χ4n) is 1.23. The van der Waals surface area contributed by atoms with Gasteiger partial charge in [0.25, 0.3) is 10.0 Å². The van der Waals surface area contributed by atoms with Gasteiger partial charge in [0, 0.05) is 18.8 Å². The smallest absolute Gasteiger partial charge is 0.329 e. The maximum Gasteiger partial charge on any atom is 0.329 e. The number of nitrogens with zero attached hydrogens (tertiary/aromatic N) is 2. The van der Waals surface area contributed by atoms with Gasteiger partial charge in [0.05, 0.1) is 0 Å². The predicted octanol–water partition coefficient (Wildman–Crippen LogP) is -0.211. The van der Waals surface area contributed by atoms with Gasteiger partial charge in [-0.05, 0) is 20.8 Å². The van der Waals surface area contributed by atoms with E-state index in [1.807, 2.05) is 4.72 Å². The third-order valence-corrected chi connectivity index (χ3v) is 3.17. The average molecular weight is 275 g/mol. The molecule has 1 rings (SSSR count). The second-order valence-corrected chi connectivity index (χ2v) is 6.51. The van der Waals surface area contributed by atoms with Crippen molar-refractivity contribution in [3.05, 3.63) is 6.20 Å². The Labute approximate surface area is 106 Å². The van der Waals surface area contributed by atoms with Gasteiger partial charge >= 0.3 is 6.03 Å². The molecule has 102 valence electrons. The van der Waals surface area contributed by atoms with E-state index in [0.717, 1.165) is 0 Å². The van der Waals surface area contributed by atoms with Crippen LogP contribution in [0.4, 0.5) is 10.6 Å². The number of aryl methyl sites for hydroxylation is 1. The van der Waals surface area contributed by atoms with Crippen molar-refractivity contribution < 1.29 is 13.2 Å². The molecule has 0 aliphatic rings. The molecule has 0 bridgehead atoms. The van der Waals surface area contributed by atoms with Crippen LogP contribution >= 0.6 is 0 Å². The van der Waals surface area contributed by atoms with Crippen LogP contribution in [0.25, 0.3) is 0 Å². The van der Waals surface area contributed by atoms with Crippen molar-refractivity contribution in [2.75, 3.05) is 5.73 Å². The number of nitrogen functional groups attached to an aromatic ring is 1. The molecule has 2 amide bonds. The lowest BCUT2D eigenvalue weighted by Crippen LogP contribution is -2.48. The normalized spacial score (nSPS) is 12.2. The number of rotatable bonds is 2. The highest BCUT2D eigenvalue weighted by Gasteiger charge is 2.24. The van der Waals surface area contributed by atoms with Gasteiger partial charge in [-0.25, -0.2) is 17.9 Å². The number of carbonyl (C=O) groups excluding carboxylic acids is 1. The molecule has 0 aliphatic heterocycles. The highest BCUT2D eigenvalue weighted by atomic mass is 32.2. The number of amides is 2. The summed E-state index contributed by atoms with van der Waals surface area (Å²) in [6, 6.07) is -0.814. The summed E-state index contributed by atoms with van der Waals surface area (Å²) in [5.41, 5.74) is 4.91. The number of anilines is 1. The lowest BCUT2D eigenvalue weighted by atomic mass is 10.1. The average Bonchev–Trinajstić information content (AvgIpc) is 2.40. The molecule has 9 heteroatoms. The van der Waals surface area contributed by atoms with Crippen molar-refractivity contribution in [2.24, 2.45) is 7.05 Å². The Morgan fingerprint density at radius 3 is 2.39 bits per heavy atom. The number of aromatic nitrogens is 2. The number of nitrogens with one attached hydrogen (secondary N) is 2. The van der Waals surface area contributed by atoms with Gasteiger partial charge in [0.2, 0.25) is 0 Å². The van der Waals surface area contributed by atoms with Crippen LogP contribution < -0.4 is 15.8 Å². The molecule has 1 heterocycles. The summed E-state index contributed by atoms with van der Waals surface area (Å²) >= 11 is 0. The zero-order chi connectivity index (χ0) is 14.1. The first-order valence-corrected chi connectivity index (χ1v) is 6.64. The Morgan fingerprint density at radius 1 is 1.44 bits per heavy atom.